The van der Waals surface area contributed by atoms with Gasteiger partial charge in [-0.15, -0.1) is 0 Å². The first-order chi connectivity index (χ1) is 9.61. The largest absolute Gasteiger partial charge is 0.373 e. The number of nitrogens with one attached hydrogen (secondary N) is 2. The van der Waals surface area contributed by atoms with Crippen molar-refractivity contribution in [3.05, 3.63) is 35.7 Å². The highest BCUT2D eigenvalue weighted by molar-refractivity contribution is 5.58. The summed E-state index contributed by atoms with van der Waals surface area (Å²) >= 11 is 0. The maximum atomic E-state index is 4.37. The number of hydrogen-bond donors (Lipinski definition) is 2. The molecule has 0 aliphatic heterocycles. The second-order valence-corrected chi connectivity index (χ2v) is 4.84. The molecule has 0 fully saturated rings. The lowest BCUT2D eigenvalue weighted by Gasteiger charge is -2.16. The average Bonchev–Trinajstić information content (AvgIpc) is 2.44. The zero-order chi connectivity index (χ0) is 14.5. The van der Waals surface area contributed by atoms with Crippen LogP contribution in [0.5, 0.6) is 0 Å². The quantitative estimate of drug-likeness (QED) is 0.870. The molecule has 2 aromatic rings. The molecule has 2 aromatic heterocycles. The van der Waals surface area contributed by atoms with Crippen molar-refractivity contribution in [2.45, 2.75) is 33.2 Å². The molecule has 2 N–H and O–H groups in total. The third-order valence-corrected chi connectivity index (χ3v) is 2.97. The Morgan fingerprint density at radius 1 is 1.15 bits per heavy atom. The van der Waals surface area contributed by atoms with Gasteiger partial charge in [0.25, 0.3) is 0 Å². The van der Waals surface area contributed by atoms with Crippen LogP contribution in [0.4, 0.5) is 11.6 Å². The van der Waals surface area contributed by atoms with E-state index in [0.29, 0.717) is 12.5 Å². The second kappa shape index (κ2) is 6.27. The van der Waals surface area contributed by atoms with E-state index in [9.17, 15) is 0 Å². The second-order valence-electron chi connectivity index (χ2n) is 4.84. The topological polar surface area (TPSA) is 75.6 Å². The molecule has 0 bridgehead atoms. The maximum Gasteiger partial charge on any atom is 0.135 e. The molecule has 0 atom stereocenters. The van der Waals surface area contributed by atoms with Crippen molar-refractivity contribution < 1.29 is 0 Å². The van der Waals surface area contributed by atoms with E-state index in [4.69, 9.17) is 0 Å². The van der Waals surface area contributed by atoms with Crippen LogP contribution in [0.2, 0.25) is 0 Å². The number of nitrogens with zero attached hydrogens (tertiary/aromatic N) is 4. The van der Waals surface area contributed by atoms with Crippen LogP contribution in [0.3, 0.4) is 0 Å². The molecule has 0 spiro atoms. The molecule has 6 heteroatoms. The summed E-state index contributed by atoms with van der Waals surface area (Å²) in [4.78, 5) is 17.1. The van der Waals surface area contributed by atoms with Crippen LogP contribution in [0, 0.1) is 6.92 Å². The Balaban J connectivity index is 2.21. The van der Waals surface area contributed by atoms with Crippen LogP contribution in [0.15, 0.2) is 18.6 Å². The standard InChI is InChI=1S/C14H20N6/c1-9(2)12-13(15-4)18-8-19-14(12)17-7-11-5-6-16-10(3)20-11/h5-6,8-9H,7H2,1-4H3,(H2,15,17,18,19). The first-order valence-corrected chi connectivity index (χ1v) is 6.67. The molecular weight excluding hydrogens is 252 g/mol. The average molecular weight is 272 g/mol. The zero-order valence-corrected chi connectivity index (χ0v) is 12.3. The van der Waals surface area contributed by atoms with Crippen molar-refractivity contribution in [1.82, 2.24) is 19.9 Å². The van der Waals surface area contributed by atoms with Crippen LogP contribution in [0.1, 0.15) is 36.8 Å². The van der Waals surface area contributed by atoms with Crippen molar-refractivity contribution in [2.24, 2.45) is 0 Å². The fourth-order valence-corrected chi connectivity index (χ4v) is 2.06. The third-order valence-electron chi connectivity index (χ3n) is 2.97. The van der Waals surface area contributed by atoms with E-state index < -0.39 is 0 Å². The van der Waals surface area contributed by atoms with Crippen molar-refractivity contribution in [2.75, 3.05) is 17.7 Å². The highest BCUT2D eigenvalue weighted by atomic mass is 15.1. The lowest BCUT2D eigenvalue weighted by Crippen LogP contribution is -2.10. The number of rotatable bonds is 5. The minimum Gasteiger partial charge on any atom is -0.373 e. The number of aryl methyl sites for hydroxylation is 1. The smallest absolute Gasteiger partial charge is 0.135 e. The van der Waals surface area contributed by atoms with E-state index in [1.807, 2.05) is 20.0 Å². The van der Waals surface area contributed by atoms with Gasteiger partial charge in [-0.25, -0.2) is 19.9 Å². The molecule has 0 unspecified atom stereocenters. The van der Waals surface area contributed by atoms with Crippen LogP contribution >= 0.6 is 0 Å². The Morgan fingerprint density at radius 2 is 1.90 bits per heavy atom. The summed E-state index contributed by atoms with van der Waals surface area (Å²) in [5, 5.41) is 6.44. The Morgan fingerprint density at radius 3 is 2.55 bits per heavy atom. The summed E-state index contributed by atoms with van der Waals surface area (Å²) in [7, 11) is 1.87. The van der Waals surface area contributed by atoms with E-state index in [-0.39, 0.29) is 0 Å². The van der Waals surface area contributed by atoms with Crippen LogP contribution < -0.4 is 10.6 Å². The van der Waals surface area contributed by atoms with Crippen LogP contribution in [-0.4, -0.2) is 27.0 Å². The minimum absolute atomic E-state index is 0.327. The lowest BCUT2D eigenvalue weighted by atomic mass is 10.0. The normalized spacial score (nSPS) is 10.7. The van der Waals surface area contributed by atoms with E-state index in [0.717, 1.165) is 28.7 Å². The van der Waals surface area contributed by atoms with Gasteiger partial charge in [0, 0.05) is 18.8 Å². The highest BCUT2D eigenvalue weighted by Gasteiger charge is 2.13. The molecule has 6 nitrogen and oxygen atoms in total. The molecule has 0 amide bonds. The summed E-state index contributed by atoms with van der Waals surface area (Å²) in [6, 6.07) is 1.90. The molecule has 0 aliphatic rings. The molecule has 0 saturated carbocycles. The van der Waals surface area contributed by atoms with Crippen molar-refractivity contribution in [3.63, 3.8) is 0 Å². The fraction of sp³-hybridized carbons (Fsp3) is 0.429. The van der Waals surface area contributed by atoms with Gasteiger partial charge >= 0.3 is 0 Å². The maximum absolute atomic E-state index is 4.37. The Hall–Kier alpha value is -2.24. The molecule has 2 heterocycles. The summed E-state index contributed by atoms with van der Waals surface area (Å²) < 4.78 is 0. The van der Waals surface area contributed by atoms with Gasteiger partial charge in [0.15, 0.2) is 0 Å². The molecule has 0 aromatic carbocycles. The summed E-state index contributed by atoms with van der Waals surface area (Å²) in [6.07, 6.45) is 3.33. The van der Waals surface area contributed by atoms with Crippen molar-refractivity contribution >= 4 is 11.6 Å². The van der Waals surface area contributed by atoms with E-state index in [2.05, 4.69) is 44.4 Å². The van der Waals surface area contributed by atoms with Gasteiger partial charge in [0.2, 0.25) is 0 Å². The van der Waals surface area contributed by atoms with E-state index >= 15 is 0 Å². The van der Waals surface area contributed by atoms with Crippen LogP contribution in [0.25, 0.3) is 0 Å². The van der Waals surface area contributed by atoms with Gasteiger partial charge in [-0.2, -0.15) is 0 Å². The van der Waals surface area contributed by atoms with Crippen LogP contribution in [-0.2, 0) is 6.54 Å². The summed E-state index contributed by atoms with van der Waals surface area (Å²) in [5.74, 6) is 2.80. The first-order valence-electron chi connectivity index (χ1n) is 6.67. The first kappa shape index (κ1) is 14.2. The zero-order valence-electron chi connectivity index (χ0n) is 12.3. The Labute approximate surface area is 119 Å². The number of hydrogen-bond acceptors (Lipinski definition) is 6. The van der Waals surface area contributed by atoms with Crippen molar-refractivity contribution in [3.8, 4) is 0 Å². The minimum atomic E-state index is 0.327. The number of anilines is 2. The predicted molar refractivity (Wildman–Crippen MR) is 79.8 cm³/mol. The third kappa shape index (κ3) is 3.20. The van der Waals surface area contributed by atoms with Crippen molar-refractivity contribution in [1.29, 1.82) is 0 Å². The van der Waals surface area contributed by atoms with E-state index in [1.54, 1.807) is 12.5 Å². The lowest BCUT2D eigenvalue weighted by molar-refractivity contribution is 0.843. The Kier molecular flexibility index (Phi) is 4.45. The van der Waals surface area contributed by atoms with Gasteiger partial charge in [-0.05, 0) is 18.9 Å². The molecule has 106 valence electrons. The predicted octanol–water partition coefficient (Wildman–Crippen LogP) is 2.35. The van der Waals surface area contributed by atoms with Gasteiger partial charge in [0.05, 0.1) is 12.2 Å². The summed E-state index contributed by atoms with van der Waals surface area (Å²) in [6.45, 7) is 6.75. The Bertz CT molecular complexity index is 582. The van der Waals surface area contributed by atoms with Gasteiger partial charge in [0.1, 0.15) is 23.8 Å². The fourth-order valence-electron chi connectivity index (χ4n) is 2.06. The molecular formula is C14H20N6. The monoisotopic (exact) mass is 272 g/mol. The summed E-state index contributed by atoms with van der Waals surface area (Å²) in [5.41, 5.74) is 2.03. The van der Waals surface area contributed by atoms with Gasteiger partial charge in [-0.1, -0.05) is 13.8 Å². The van der Waals surface area contributed by atoms with Gasteiger partial charge in [-0.3, -0.25) is 0 Å². The molecule has 0 aliphatic carbocycles. The molecule has 0 saturated heterocycles. The van der Waals surface area contributed by atoms with Gasteiger partial charge < -0.3 is 10.6 Å². The SMILES string of the molecule is CNc1ncnc(NCc2ccnc(C)n2)c1C(C)C. The molecule has 20 heavy (non-hydrogen) atoms. The number of aromatic nitrogens is 4. The van der Waals surface area contributed by atoms with E-state index in [1.165, 1.54) is 0 Å². The molecule has 0 radical (unpaired) electrons. The highest BCUT2D eigenvalue weighted by Crippen LogP contribution is 2.28. The molecule has 2 rings (SSSR count).